The predicted octanol–water partition coefficient (Wildman–Crippen LogP) is 2.01. The van der Waals surface area contributed by atoms with E-state index in [0.717, 1.165) is 12.8 Å². The van der Waals surface area contributed by atoms with E-state index < -0.39 is 11.7 Å². The maximum absolute atomic E-state index is 12.8. The Bertz CT molecular complexity index is 825. The molecule has 0 saturated heterocycles. The molecular formula is C21H26N2O5. The van der Waals surface area contributed by atoms with Crippen molar-refractivity contribution in [2.75, 3.05) is 13.2 Å². The molecule has 7 heteroatoms. The van der Waals surface area contributed by atoms with Gasteiger partial charge in [-0.05, 0) is 43.7 Å². The summed E-state index contributed by atoms with van der Waals surface area (Å²) in [6, 6.07) is 7.26. The summed E-state index contributed by atoms with van der Waals surface area (Å²) in [5.41, 5.74) is -0.535. The minimum absolute atomic E-state index is 0.0463. The standard InChI is InChI=1S/C21H26N2O5/c1-3-27-17(24)11-22-19(26)15-10-13-8-9-20(15,2)12-21(13)23-18(25)14-6-4-5-7-16(14)28-21/h4-7,13,15H,3,8-12H2,1-2H3,(H,22,26)(H,23,25)/t13-,15+,20-,21+/m1/s1. The number of carbonyl (C=O) groups is 3. The molecule has 3 fully saturated rings. The van der Waals surface area contributed by atoms with E-state index in [1.807, 2.05) is 18.2 Å². The van der Waals surface area contributed by atoms with Gasteiger partial charge >= 0.3 is 5.97 Å². The van der Waals surface area contributed by atoms with Crippen molar-refractivity contribution in [3.63, 3.8) is 0 Å². The number of fused-ring (bicyclic) bond motifs is 3. The summed E-state index contributed by atoms with van der Waals surface area (Å²) in [6.45, 7) is 3.99. The number of hydrogen-bond acceptors (Lipinski definition) is 5. The van der Waals surface area contributed by atoms with Gasteiger partial charge in [0.1, 0.15) is 12.3 Å². The quantitative estimate of drug-likeness (QED) is 0.772. The van der Waals surface area contributed by atoms with Crippen LogP contribution in [0.1, 0.15) is 49.9 Å². The molecule has 1 aromatic carbocycles. The van der Waals surface area contributed by atoms with Crippen LogP contribution in [0.15, 0.2) is 24.3 Å². The van der Waals surface area contributed by atoms with Gasteiger partial charge < -0.3 is 20.1 Å². The van der Waals surface area contributed by atoms with Crippen molar-refractivity contribution >= 4 is 17.8 Å². The number of hydrogen-bond donors (Lipinski definition) is 2. The fourth-order valence-corrected chi connectivity index (χ4v) is 5.15. The summed E-state index contributed by atoms with van der Waals surface area (Å²) in [4.78, 5) is 37.0. The van der Waals surface area contributed by atoms with Gasteiger partial charge in [-0.1, -0.05) is 19.1 Å². The number of amides is 2. The van der Waals surface area contributed by atoms with E-state index in [9.17, 15) is 14.4 Å². The summed E-state index contributed by atoms with van der Waals surface area (Å²) in [5, 5.41) is 5.83. The highest BCUT2D eigenvalue weighted by Gasteiger charge is 2.61. The van der Waals surface area contributed by atoms with Crippen molar-refractivity contribution in [1.82, 2.24) is 10.6 Å². The lowest BCUT2D eigenvalue weighted by atomic mass is 9.52. The second kappa shape index (κ2) is 6.79. The van der Waals surface area contributed by atoms with Crippen molar-refractivity contribution in [2.24, 2.45) is 17.3 Å². The lowest BCUT2D eigenvalue weighted by molar-refractivity contribution is -0.168. The highest BCUT2D eigenvalue weighted by molar-refractivity contribution is 5.98. The van der Waals surface area contributed by atoms with Crippen LogP contribution in [0.2, 0.25) is 0 Å². The first-order chi connectivity index (χ1) is 13.4. The number of ether oxygens (including phenoxy) is 2. The van der Waals surface area contributed by atoms with Crippen molar-refractivity contribution in [3.05, 3.63) is 29.8 Å². The normalized spacial score (nSPS) is 32.9. The summed E-state index contributed by atoms with van der Waals surface area (Å²) < 4.78 is 11.2. The highest BCUT2D eigenvalue weighted by Crippen LogP contribution is 2.58. The Kier molecular flexibility index (Phi) is 4.56. The van der Waals surface area contributed by atoms with Gasteiger partial charge in [-0.2, -0.15) is 0 Å². The third-order valence-electron chi connectivity index (χ3n) is 6.53. The number of carbonyl (C=O) groups excluding carboxylic acids is 3. The molecule has 3 aliphatic carbocycles. The van der Waals surface area contributed by atoms with Gasteiger partial charge in [0.15, 0.2) is 5.72 Å². The minimum atomic E-state index is -0.768. The van der Waals surface area contributed by atoms with Gasteiger partial charge in [0.25, 0.3) is 5.91 Å². The molecule has 0 radical (unpaired) electrons. The van der Waals surface area contributed by atoms with Crippen molar-refractivity contribution < 1.29 is 23.9 Å². The van der Waals surface area contributed by atoms with E-state index in [1.54, 1.807) is 13.0 Å². The van der Waals surface area contributed by atoms with Gasteiger partial charge in [0.2, 0.25) is 5.91 Å². The number of rotatable bonds is 4. The maximum Gasteiger partial charge on any atom is 0.325 e. The van der Waals surface area contributed by atoms with Crippen LogP contribution in [-0.4, -0.2) is 36.7 Å². The van der Waals surface area contributed by atoms with Crippen molar-refractivity contribution in [2.45, 2.75) is 45.3 Å². The molecule has 1 aromatic rings. The number of nitrogens with one attached hydrogen (secondary N) is 2. The molecule has 1 aliphatic heterocycles. The first kappa shape index (κ1) is 18.8. The monoisotopic (exact) mass is 386 g/mol. The molecule has 150 valence electrons. The Morgan fingerprint density at radius 3 is 2.89 bits per heavy atom. The molecule has 2 bridgehead atoms. The second-order valence-corrected chi connectivity index (χ2v) is 8.32. The van der Waals surface area contributed by atoms with E-state index in [0.29, 0.717) is 30.8 Å². The van der Waals surface area contributed by atoms with Crippen LogP contribution in [0.5, 0.6) is 5.75 Å². The van der Waals surface area contributed by atoms with Gasteiger partial charge in [-0.25, -0.2) is 0 Å². The maximum atomic E-state index is 12.8. The van der Waals surface area contributed by atoms with E-state index in [1.165, 1.54) is 0 Å². The first-order valence-corrected chi connectivity index (χ1v) is 9.91. The number of esters is 1. The van der Waals surface area contributed by atoms with Crippen molar-refractivity contribution in [3.8, 4) is 5.75 Å². The lowest BCUT2D eigenvalue weighted by Gasteiger charge is -2.59. The molecule has 28 heavy (non-hydrogen) atoms. The number of para-hydroxylation sites is 1. The molecule has 5 rings (SSSR count). The molecule has 1 heterocycles. The van der Waals surface area contributed by atoms with Gasteiger partial charge in [-0.3, -0.25) is 14.4 Å². The fraction of sp³-hybridized carbons (Fsp3) is 0.571. The zero-order valence-electron chi connectivity index (χ0n) is 16.2. The van der Waals surface area contributed by atoms with Gasteiger partial charge in [0.05, 0.1) is 12.2 Å². The Labute approximate surface area is 164 Å². The Morgan fingerprint density at radius 2 is 2.14 bits per heavy atom. The Morgan fingerprint density at radius 1 is 1.36 bits per heavy atom. The molecule has 0 unspecified atom stereocenters. The van der Waals surface area contributed by atoms with Gasteiger partial charge in [-0.15, -0.1) is 0 Å². The zero-order valence-corrected chi connectivity index (χ0v) is 16.2. The van der Waals surface area contributed by atoms with E-state index in [-0.39, 0.29) is 35.6 Å². The SMILES string of the molecule is CCOC(=O)CNC(=O)[C@@H]1C[C@H]2CC[C@]1(C)C[C@@]21NC(=O)c2ccccc2O1. The topological polar surface area (TPSA) is 93.7 Å². The third-order valence-corrected chi connectivity index (χ3v) is 6.53. The molecule has 7 nitrogen and oxygen atoms in total. The summed E-state index contributed by atoms with van der Waals surface area (Å²) in [5.74, 6) is -0.253. The van der Waals surface area contributed by atoms with Crippen LogP contribution in [0.3, 0.4) is 0 Å². The first-order valence-electron chi connectivity index (χ1n) is 9.91. The average Bonchev–Trinajstić information content (AvgIpc) is 2.66. The molecular weight excluding hydrogens is 360 g/mol. The van der Waals surface area contributed by atoms with E-state index >= 15 is 0 Å². The van der Waals surface area contributed by atoms with Crippen LogP contribution in [-0.2, 0) is 14.3 Å². The summed E-state index contributed by atoms with van der Waals surface area (Å²) >= 11 is 0. The van der Waals surface area contributed by atoms with Crippen LogP contribution in [0.4, 0.5) is 0 Å². The summed E-state index contributed by atoms with van der Waals surface area (Å²) in [7, 11) is 0. The second-order valence-electron chi connectivity index (χ2n) is 8.32. The Balaban J connectivity index is 1.52. The zero-order chi connectivity index (χ0) is 19.9. The Hall–Kier alpha value is -2.57. The molecule has 4 aliphatic rings. The molecule has 0 aromatic heterocycles. The van der Waals surface area contributed by atoms with Crippen LogP contribution < -0.4 is 15.4 Å². The fourth-order valence-electron chi connectivity index (χ4n) is 5.15. The molecule has 2 amide bonds. The molecule has 2 N–H and O–H groups in total. The average molecular weight is 386 g/mol. The largest absolute Gasteiger partial charge is 0.467 e. The van der Waals surface area contributed by atoms with Crippen molar-refractivity contribution in [1.29, 1.82) is 0 Å². The molecule has 1 spiro atoms. The number of benzene rings is 1. The molecule has 3 saturated carbocycles. The van der Waals surface area contributed by atoms with Gasteiger partial charge in [0, 0.05) is 18.3 Å². The minimum Gasteiger partial charge on any atom is -0.467 e. The van der Waals surface area contributed by atoms with Crippen LogP contribution >= 0.6 is 0 Å². The predicted molar refractivity (Wildman–Crippen MR) is 100 cm³/mol. The van der Waals surface area contributed by atoms with Crippen LogP contribution in [0.25, 0.3) is 0 Å². The smallest absolute Gasteiger partial charge is 0.325 e. The lowest BCUT2D eigenvalue weighted by Crippen LogP contribution is -2.69. The third kappa shape index (κ3) is 3.02. The van der Waals surface area contributed by atoms with E-state index in [2.05, 4.69) is 17.6 Å². The van der Waals surface area contributed by atoms with E-state index in [4.69, 9.17) is 9.47 Å². The molecule has 4 atom stereocenters. The summed E-state index contributed by atoms with van der Waals surface area (Å²) in [6.07, 6.45) is 2.97. The van der Waals surface area contributed by atoms with Crippen LogP contribution in [0, 0.1) is 17.3 Å². The highest BCUT2D eigenvalue weighted by atomic mass is 16.5.